The van der Waals surface area contributed by atoms with Crippen LogP contribution in [0, 0.1) is 0 Å². The third-order valence-electron chi connectivity index (χ3n) is 2.52. The van der Waals surface area contributed by atoms with E-state index in [0.717, 1.165) is 21.0 Å². The van der Waals surface area contributed by atoms with Crippen molar-refractivity contribution in [2.45, 2.75) is 12.2 Å². The molecule has 0 fully saturated rings. The van der Waals surface area contributed by atoms with Crippen molar-refractivity contribution < 1.29 is 4.21 Å². The lowest BCUT2D eigenvalue weighted by molar-refractivity contribution is 0.679. The van der Waals surface area contributed by atoms with Crippen LogP contribution in [0.15, 0.2) is 18.2 Å². The highest BCUT2D eigenvalue weighted by Gasteiger charge is 2.08. The van der Waals surface area contributed by atoms with Gasteiger partial charge in [0.25, 0.3) is 0 Å². The summed E-state index contributed by atoms with van der Waals surface area (Å²) in [5.41, 5.74) is 7.40. The van der Waals surface area contributed by atoms with Crippen molar-refractivity contribution in [3.63, 3.8) is 0 Å². The molecule has 0 aliphatic rings. The molecule has 0 aliphatic carbocycles. The summed E-state index contributed by atoms with van der Waals surface area (Å²) in [6.45, 7) is 2.62. The number of anilines is 2. The fourth-order valence-corrected chi connectivity index (χ4v) is 2.60. The maximum absolute atomic E-state index is 11.2. The van der Waals surface area contributed by atoms with E-state index in [0.29, 0.717) is 6.54 Å². The summed E-state index contributed by atoms with van der Waals surface area (Å²) in [6, 6.07) is 5.67. The lowest BCUT2D eigenvalue weighted by Crippen LogP contribution is -2.20. The number of rotatable bonds is 4. The van der Waals surface area contributed by atoms with Gasteiger partial charge in [0.2, 0.25) is 0 Å². The van der Waals surface area contributed by atoms with Gasteiger partial charge >= 0.3 is 0 Å². The van der Waals surface area contributed by atoms with Crippen LogP contribution in [0.5, 0.6) is 0 Å². The summed E-state index contributed by atoms with van der Waals surface area (Å²) in [5, 5.41) is 4.18. The van der Waals surface area contributed by atoms with E-state index in [2.05, 4.69) is 10.3 Å². The van der Waals surface area contributed by atoms with Crippen molar-refractivity contribution in [2.75, 3.05) is 23.9 Å². The third kappa shape index (κ3) is 2.95. The highest BCUT2D eigenvalue weighted by molar-refractivity contribution is 7.84. The van der Waals surface area contributed by atoms with E-state index in [1.165, 1.54) is 0 Å². The molecule has 0 bridgehead atoms. The van der Waals surface area contributed by atoms with Gasteiger partial charge in [-0.15, -0.1) is 0 Å². The Morgan fingerprint density at radius 1 is 1.59 bits per heavy atom. The molecule has 17 heavy (non-hydrogen) atoms. The van der Waals surface area contributed by atoms with E-state index in [1.807, 2.05) is 25.1 Å². The number of nitrogens with zero attached hydrogens (tertiary/aromatic N) is 1. The second-order valence-electron chi connectivity index (χ2n) is 3.94. The largest absolute Gasteiger partial charge is 0.399 e. The number of thiazole rings is 1. The summed E-state index contributed by atoms with van der Waals surface area (Å²) >= 11 is 1.56. The number of hydrogen-bond donors (Lipinski definition) is 2. The van der Waals surface area contributed by atoms with E-state index in [1.54, 1.807) is 17.6 Å². The van der Waals surface area contributed by atoms with E-state index in [-0.39, 0.29) is 5.25 Å². The number of nitrogens with one attached hydrogen (secondary N) is 1. The molecule has 1 heterocycles. The normalized spacial score (nSPS) is 14.7. The van der Waals surface area contributed by atoms with Crippen LogP contribution in [0.1, 0.15) is 6.92 Å². The van der Waals surface area contributed by atoms with Gasteiger partial charge in [0.05, 0.1) is 10.2 Å². The molecule has 4 nitrogen and oxygen atoms in total. The second-order valence-corrected chi connectivity index (χ2v) is 6.77. The Balaban J connectivity index is 2.12. The minimum absolute atomic E-state index is 0.118. The van der Waals surface area contributed by atoms with Gasteiger partial charge in [-0.2, -0.15) is 0 Å². The molecule has 92 valence electrons. The van der Waals surface area contributed by atoms with Crippen LogP contribution in [-0.4, -0.2) is 27.2 Å². The van der Waals surface area contributed by atoms with Crippen LogP contribution >= 0.6 is 11.3 Å². The molecular weight excluding hydrogens is 254 g/mol. The molecule has 1 aromatic carbocycles. The van der Waals surface area contributed by atoms with Gasteiger partial charge in [0.1, 0.15) is 0 Å². The molecule has 3 N–H and O–H groups in total. The molecular formula is C11H15N3OS2. The highest BCUT2D eigenvalue weighted by atomic mass is 32.2. The van der Waals surface area contributed by atoms with Crippen molar-refractivity contribution >= 4 is 43.2 Å². The Bertz CT molecular complexity index is 553. The standard InChI is InChI=1S/C11H15N3OS2/c1-7(17(2)15)6-13-11-14-9-4-3-8(12)5-10(9)16-11/h3-5,7H,6,12H2,1-2H3,(H,13,14). The zero-order valence-electron chi connectivity index (χ0n) is 9.77. The van der Waals surface area contributed by atoms with E-state index >= 15 is 0 Å². The molecule has 0 spiro atoms. The maximum atomic E-state index is 11.2. The van der Waals surface area contributed by atoms with Crippen LogP contribution in [-0.2, 0) is 10.8 Å². The Morgan fingerprint density at radius 2 is 2.35 bits per heavy atom. The average molecular weight is 269 g/mol. The van der Waals surface area contributed by atoms with Gasteiger partial charge in [-0.25, -0.2) is 4.98 Å². The second kappa shape index (κ2) is 5.01. The van der Waals surface area contributed by atoms with Crippen LogP contribution < -0.4 is 11.1 Å². The molecule has 0 radical (unpaired) electrons. The summed E-state index contributed by atoms with van der Waals surface area (Å²) in [5.74, 6) is 0. The molecule has 2 atom stereocenters. The number of aromatic nitrogens is 1. The summed E-state index contributed by atoms with van der Waals surface area (Å²) in [4.78, 5) is 4.44. The first-order valence-electron chi connectivity index (χ1n) is 5.28. The van der Waals surface area contributed by atoms with Gasteiger partial charge in [0.15, 0.2) is 5.13 Å². The summed E-state index contributed by atoms with van der Waals surface area (Å²) < 4.78 is 12.3. The van der Waals surface area contributed by atoms with Gasteiger partial charge in [-0.1, -0.05) is 11.3 Å². The van der Waals surface area contributed by atoms with Crippen LogP contribution in [0.2, 0.25) is 0 Å². The quantitative estimate of drug-likeness (QED) is 0.834. The molecule has 0 saturated carbocycles. The van der Waals surface area contributed by atoms with Gasteiger partial charge in [-0.3, -0.25) is 4.21 Å². The predicted molar refractivity (Wildman–Crippen MR) is 76.1 cm³/mol. The van der Waals surface area contributed by atoms with Crippen molar-refractivity contribution in [1.82, 2.24) is 4.98 Å². The number of nitrogen functional groups attached to an aromatic ring is 1. The fourth-order valence-electron chi connectivity index (χ4n) is 1.37. The molecule has 2 rings (SSSR count). The van der Waals surface area contributed by atoms with Gasteiger partial charge < -0.3 is 11.1 Å². The smallest absolute Gasteiger partial charge is 0.183 e. The van der Waals surface area contributed by atoms with Crippen molar-refractivity contribution in [2.24, 2.45) is 0 Å². The molecule has 0 aliphatic heterocycles. The first-order valence-corrected chi connectivity index (χ1v) is 7.72. The molecule has 1 aromatic heterocycles. The molecule has 2 aromatic rings. The summed E-state index contributed by atoms with van der Waals surface area (Å²) in [6.07, 6.45) is 1.71. The summed E-state index contributed by atoms with van der Waals surface area (Å²) in [7, 11) is -0.811. The maximum Gasteiger partial charge on any atom is 0.183 e. The monoisotopic (exact) mass is 269 g/mol. The minimum Gasteiger partial charge on any atom is -0.399 e. The third-order valence-corrected chi connectivity index (χ3v) is 4.80. The van der Waals surface area contributed by atoms with Crippen molar-refractivity contribution in [3.05, 3.63) is 18.2 Å². The Hall–Kier alpha value is -1.14. The Labute approximate surface area is 107 Å². The van der Waals surface area contributed by atoms with Crippen molar-refractivity contribution in [3.8, 4) is 0 Å². The number of fused-ring (bicyclic) bond motifs is 1. The average Bonchev–Trinajstić information content (AvgIpc) is 2.67. The highest BCUT2D eigenvalue weighted by Crippen LogP contribution is 2.27. The number of nitrogens with two attached hydrogens (primary N) is 1. The first kappa shape index (κ1) is 12.3. The zero-order chi connectivity index (χ0) is 12.4. The first-order chi connectivity index (χ1) is 8.06. The molecule has 0 saturated heterocycles. The van der Waals surface area contributed by atoms with Gasteiger partial charge in [0, 0.05) is 34.5 Å². The minimum atomic E-state index is -0.811. The topological polar surface area (TPSA) is 68.0 Å². The Kier molecular flexibility index (Phi) is 3.63. The fraction of sp³-hybridized carbons (Fsp3) is 0.364. The van der Waals surface area contributed by atoms with Crippen LogP contribution in [0.25, 0.3) is 10.2 Å². The van der Waals surface area contributed by atoms with Crippen LogP contribution in [0.4, 0.5) is 10.8 Å². The van der Waals surface area contributed by atoms with E-state index < -0.39 is 10.8 Å². The lowest BCUT2D eigenvalue weighted by atomic mass is 10.3. The van der Waals surface area contributed by atoms with Crippen molar-refractivity contribution in [1.29, 1.82) is 0 Å². The van der Waals surface area contributed by atoms with E-state index in [4.69, 9.17) is 5.73 Å². The lowest BCUT2D eigenvalue weighted by Gasteiger charge is -2.07. The Morgan fingerprint density at radius 3 is 3.06 bits per heavy atom. The number of hydrogen-bond acceptors (Lipinski definition) is 5. The van der Waals surface area contributed by atoms with E-state index in [9.17, 15) is 4.21 Å². The number of benzene rings is 1. The SMILES string of the molecule is CC(CNc1nc2ccc(N)cc2s1)S(C)=O. The molecule has 6 heteroatoms. The molecule has 0 amide bonds. The van der Waals surface area contributed by atoms with Gasteiger partial charge in [-0.05, 0) is 25.1 Å². The van der Waals surface area contributed by atoms with Crippen LogP contribution in [0.3, 0.4) is 0 Å². The molecule has 2 unspecified atom stereocenters. The predicted octanol–water partition coefficient (Wildman–Crippen LogP) is 2.06. The zero-order valence-corrected chi connectivity index (χ0v) is 11.4.